The predicted molar refractivity (Wildman–Crippen MR) is 100 cm³/mol. The molecule has 0 bridgehead atoms. The van der Waals surface area contributed by atoms with E-state index < -0.39 is 12.0 Å². The predicted octanol–water partition coefficient (Wildman–Crippen LogP) is 2.53. The third-order valence-electron chi connectivity index (χ3n) is 4.43. The van der Waals surface area contributed by atoms with Gasteiger partial charge in [-0.05, 0) is 54.7 Å². The molecule has 1 atom stereocenters. The molecule has 3 rings (SSSR count). The molecule has 0 aromatic heterocycles. The van der Waals surface area contributed by atoms with Crippen molar-refractivity contribution in [3.63, 3.8) is 0 Å². The number of nitrogens with one attached hydrogen (secondary N) is 2. The quantitative estimate of drug-likeness (QED) is 0.705. The van der Waals surface area contributed by atoms with Crippen molar-refractivity contribution < 1.29 is 19.1 Å². The maximum atomic E-state index is 12.2. The lowest BCUT2D eigenvalue weighted by atomic mass is 9.88. The summed E-state index contributed by atoms with van der Waals surface area (Å²) in [4.78, 5) is 35.0. The van der Waals surface area contributed by atoms with E-state index in [-0.39, 0.29) is 24.1 Å². The van der Waals surface area contributed by atoms with Crippen LogP contribution < -0.4 is 16.4 Å². The van der Waals surface area contributed by atoms with Crippen LogP contribution in [0.3, 0.4) is 0 Å². The van der Waals surface area contributed by atoms with E-state index in [1.807, 2.05) is 18.2 Å². The van der Waals surface area contributed by atoms with Gasteiger partial charge in [0.25, 0.3) is 5.91 Å². The Morgan fingerprint density at radius 3 is 2.56 bits per heavy atom. The van der Waals surface area contributed by atoms with Crippen LogP contribution in [0, 0.1) is 0 Å². The van der Waals surface area contributed by atoms with Gasteiger partial charge in [-0.3, -0.25) is 4.79 Å². The highest BCUT2D eigenvalue weighted by atomic mass is 16.5. The number of carbonyl (C=O) groups is 3. The number of urea groups is 1. The minimum atomic E-state index is -0.689. The molecule has 140 valence electrons. The Kier molecular flexibility index (Phi) is 5.71. The molecule has 0 heterocycles. The van der Waals surface area contributed by atoms with E-state index in [0.29, 0.717) is 5.69 Å². The summed E-state index contributed by atoms with van der Waals surface area (Å²) in [5, 5.41) is 5.33. The zero-order valence-corrected chi connectivity index (χ0v) is 14.7. The molecule has 0 aliphatic heterocycles. The highest BCUT2D eigenvalue weighted by Gasteiger charge is 2.21. The minimum absolute atomic E-state index is 0.0553. The number of amides is 3. The van der Waals surface area contributed by atoms with E-state index in [4.69, 9.17) is 10.5 Å². The molecule has 0 saturated carbocycles. The number of anilines is 1. The maximum absolute atomic E-state index is 12.2. The summed E-state index contributed by atoms with van der Waals surface area (Å²) < 4.78 is 5.08. The van der Waals surface area contributed by atoms with Crippen molar-refractivity contribution in [3.8, 4) is 0 Å². The van der Waals surface area contributed by atoms with E-state index in [2.05, 4.69) is 16.7 Å². The molecule has 7 nitrogen and oxygen atoms in total. The van der Waals surface area contributed by atoms with Gasteiger partial charge in [0.15, 0.2) is 6.61 Å². The van der Waals surface area contributed by atoms with Gasteiger partial charge in [-0.1, -0.05) is 24.3 Å². The molecule has 27 heavy (non-hydrogen) atoms. The molecule has 0 fully saturated rings. The van der Waals surface area contributed by atoms with Crippen molar-refractivity contribution in [1.29, 1.82) is 0 Å². The van der Waals surface area contributed by atoms with Crippen molar-refractivity contribution in [3.05, 3.63) is 65.2 Å². The van der Waals surface area contributed by atoms with Gasteiger partial charge in [-0.2, -0.15) is 0 Å². The monoisotopic (exact) mass is 367 g/mol. The Balaban J connectivity index is 1.52. The number of carbonyl (C=O) groups excluding carboxylic acids is 3. The van der Waals surface area contributed by atoms with Crippen molar-refractivity contribution in [2.45, 2.75) is 25.3 Å². The Labute approximate surface area is 156 Å². The van der Waals surface area contributed by atoms with Crippen LogP contribution >= 0.6 is 0 Å². The number of fused-ring (bicyclic) bond motifs is 1. The van der Waals surface area contributed by atoms with Crippen LogP contribution in [-0.2, 0) is 16.0 Å². The topological polar surface area (TPSA) is 111 Å². The third-order valence-corrected chi connectivity index (χ3v) is 4.43. The average molecular weight is 367 g/mol. The van der Waals surface area contributed by atoms with Crippen LogP contribution in [-0.4, -0.2) is 24.5 Å². The number of rotatable bonds is 5. The highest BCUT2D eigenvalue weighted by Crippen LogP contribution is 2.29. The van der Waals surface area contributed by atoms with E-state index in [0.717, 1.165) is 24.8 Å². The van der Waals surface area contributed by atoms with E-state index in [1.165, 1.54) is 29.8 Å². The second-order valence-corrected chi connectivity index (χ2v) is 6.35. The van der Waals surface area contributed by atoms with Gasteiger partial charge in [-0.25, -0.2) is 9.59 Å². The highest BCUT2D eigenvalue weighted by molar-refractivity contribution is 5.93. The number of esters is 1. The smallest absolute Gasteiger partial charge is 0.338 e. The number of hydrogen-bond acceptors (Lipinski definition) is 4. The SMILES string of the molecule is NC(=O)Nc1ccc(C(=O)OCC(=O)N[C@H]2CCCc3ccccc32)cc1. The molecule has 1 aliphatic carbocycles. The van der Waals surface area contributed by atoms with Crippen molar-refractivity contribution >= 4 is 23.6 Å². The van der Waals surface area contributed by atoms with Gasteiger partial charge < -0.3 is 21.1 Å². The molecule has 2 aromatic carbocycles. The first-order valence-electron chi connectivity index (χ1n) is 8.74. The number of benzene rings is 2. The third kappa shape index (κ3) is 4.84. The molecule has 2 aromatic rings. The lowest BCUT2D eigenvalue weighted by Crippen LogP contribution is -2.34. The first-order valence-corrected chi connectivity index (χ1v) is 8.74. The normalized spacial score (nSPS) is 15.3. The number of nitrogens with two attached hydrogens (primary N) is 1. The zero-order valence-electron chi connectivity index (χ0n) is 14.7. The van der Waals surface area contributed by atoms with Crippen molar-refractivity contribution in [2.24, 2.45) is 5.73 Å². The van der Waals surface area contributed by atoms with Gasteiger partial charge in [0.05, 0.1) is 11.6 Å². The van der Waals surface area contributed by atoms with Crippen LogP contribution in [0.2, 0.25) is 0 Å². The summed E-state index contributed by atoms with van der Waals surface area (Å²) in [6.45, 7) is -0.348. The van der Waals surface area contributed by atoms with Crippen LogP contribution in [0.4, 0.5) is 10.5 Å². The van der Waals surface area contributed by atoms with E-state index in [9.17, 15) is 14.4 Å². The molecule has 0 radical (unpaired) electrons. The standard InChI is InChI=1S/C20H21N3O4/c21-20(26)22-15-10-8-14(9-11-15)19(25)27-12-18(24)23-17-7-3-5-13-4-1-2-6-16(13)17/h1-2,4,6,8-11,17H,3,5,7,12H2,(H,23,24)(H3,21,22,26)/t17-/m0/s1. The van der Waals surface area contributed by atoms with Gasteiger partial charge in [0.1, 0.15) is 0 Å². The van der Waals surface area contributed by atoms with Gasteiger partial charge in [-0.15, -0.1) is 0 Å². The first-order chi connectivity index (χ1) is 13.0. The number of aryl methyl sites for hydroxylation is 1. The van der Waals surface area contributed by atoms with E-state index >= 15 is 0 Å². The van der Waals surface area contributed by atoms with Gasteiger partial charge >= 0.3 is 12.0 Å². The summed E-state index contributed by atoms with van der Waals surface area (Å²) in [7, 11) is 0. The fourth-order valence-electron chi connectivity index (χ4n) is 3.19. The lowest BCUT2D eigenvalue weighted by molar-refractivity contribution is -0.125. The summed E-state index contributed by atoms with van der Waals surface area (Å²) in [6.07, 6.45) is 2.89. The van der Waals surface area contributed by atoms with E-state index in [1.54, 1.807) is 0 Å². The van der Waals surface area contributed by atoms with Crippen LogP contribution in [0.1, 0.15) is 40.4 Å². The van der Waals surface area contributed by atoms with Crippen molar-refractivity contribution in [2.75, 3.05) is 11.9 Å². The summed E-state index contributed by atoms with van der Waals surface area (Å²) in [6, 6.07) is 13.3. The zero-order chi connectivity index (χ0) is 19.2. The molecule has 0 unspecified atom stereocenters. The second kappa shape index (κ2) is 8.35. The first kappa shape index (κ1) is 18.4. The lowest BCUT2D eigenvalue weighted by Gasteiger charge is -2.26. The Morgan fingerprint density at radius 1 is 1.07 bits per heavy atom. The Hall–Kier alpha value is -3.35. The summed E-state index contributed by atoms with van der Waals surface area (Å²) in [5.41, 5.74) is 8.14. The van der Waals surface area contributed by atoms with Crippen LogP contribution in [0.15, 0.2) is 48.5 Å². The molecular formula is C20H21N3O4. The van der Waals surface area contributed by atoms with Crippen molar-refractivity contribution in [1.82, 2.24) is 5.32 Å². The van der Waals surface area contributed by atoms with Crippen LogP contribution in [0.5, 0.6) is 0 Å². The summed E-state index contributed by atoms with van der Waals surface area (Å²) in [5.74, 6) is -0.947. The number of hydrogen-bond donors (Lipinski definition) is 3. The second-order valence-electron chi connectivity index (χ2n) is 6.35. The number of ether oxygens (including phenoxy) is 1. The molecule has 4 N–H and O–H groups in total. The maximum Gasteiger partial charge on any atom is 0.338 e. The fraction of sp³-hybridized carbons (Fsp3) is 0.250. The fourth-order valence-corrected chi connectivity index (χ4v) is 3.19. The largest absolute Gasteiger partial charge is 0.452 e. The van der Waals surface area contributed by atoms with Gasteiger partial charge in [0.2, 0.25) is 0 Å². The average Bonchev–Trinajstić information content (AvgIpc) is 2.66. The molecule has 0 saturated heterocycles. The Morgan fingerprint density at radius 2 is 1.81 bits per heavy atom. The molecule has 7 heteroatoms. The minimum Gasteiger partial charge on any atom is -0.452 e. The van der Waals surface area contributed by atoms with Gasteiger partial charge in [0, 0.05) is 5.69 Å². The molecular weight excluding hydrogens is 346 g/mol. The molecule has 1 aliphatic rings. The number of primary amides is 1. The Bertz CT molecular complexity index is 849. The summed E-state index contributed by atoms with van der Waals surface area (Å²) >= 11 is 0. The van der Waals surface area contributed by atoms with Crippen LogP contribution in [0.25, 0.3) is 0 Å². The molecule has 3 amide bonds. The molecule has 0 spiro atoms.